The van der Waals surface area contributed by atoms with E-state index in [9.17, 15) is 9.59 Å². The Morgan fingerprint density at radius 3 is 2.68 bits per heavy atom. The van der Waals surface area contributed by atoms with Crippen LogP contribution >= 0.6 is 0 Å². The lowest BCUT2D eigenvalue weighted by Gasteiger charge is -2.29. The van der Waals surface area contributed by atoms with Crippen molar-refractivity contribution in [1.29, 1.82) is 0 Å². The lowest BCUT2D eigenvalue weighted by molar-refractivity contribution is -0.128. The van der Waals surface area contributed by atoms with Crippen molar-refractivity contribution >= 4 is 28.2 Å². The molecular weight excluding hydrogens is 352 g/mol. The lowest BCUT2D eigenvalue weighted by atomic mass is 9.91. The van der Waals surface area contributed by atoms with E-state index in [2.05, 4.69) is 5.43 Å². The Labute approximate surface area is 162 Å². The van der Waals surface area contributed by atoms with Crippen molar-refractivity contribution in [3.8, 4) is 16.9 Å². The highest BCUT2D eigenvalue weighted by Crippen LogP contribution is 2.48. The molecule has 1 atom stereocenters. The van der Waals surface area contributed by atoms with Gasteiger partial charge in [0.25, 0.3) is 0 Å². The average Bonchev–Trinajstić information content (AvgIpc) is 2.83. The number of rotatable bonds is 1. The molecule has 2 heterocycles. The maximum atomic E-state index is 12.5. The summed E-state index contributed by atoms with van der Waals surface area (Å²) in [4.78, 5) is 24.3. The highest BCUT2D eigenvalue weighted by Gasteiger charge is 2.51. The number of benzene rings is 3. The van der Waals surface area contributed by atoms with Gasteiger partial charge in [-0.2, -0.15) is 0 Å². The molecule has 1 unspecified atom stereocenters. The van der Waals surface area contributed by atoms with E-state index in [0.29, 0.717) is 5.56 Å². The molecule has 2 aliphatic heterocycles. The fraction of sp³-hybridized carbons (Fsp3) is 0.217. The fourth-order valence-electron chi connectivity index (χ4n) is 4.05. The minimum Gasteiger partial charge on any atom is -0.467 e. The monoisotopic (exact) mass is 372 g/mol. The summed E-state index contributed by atoms with van der Waals surface area (Å²) in [7, 11) is 0. The van der Waals surface area contributed by atoms with Crippen molar-refractivity contribution < 1.29 is 14.3 Å². The van der Waals surface area contributed by atoms with Gasteiger partial charge in [-0.05, 0) is 49.7 Å². The van der Waals surface area contributed by atoms with Crippen LogP contribution in [-0.4, -0.2) is 17.9 Å². The molecule has 0 aliphatic carbocycles. The maximum Gasteiger partial charge on any atom is 0.250 e. The molecule has 0 spiro atoms. The summed E-state index contributed by atoms with van der Waals surface area (Å²) in [5, 5.41) is 3.82. The number of Topliss-reactive ketones (excluding diaryl/α,β-unsaturated/α-hetero) is 1. The number of nitrogens with one attached hydrogen (secondary N) is 1. The molecule has 3 aromatic carbocycles. The first-order valence-electron chi connectivity index (χ1n) is 9.32. The molecule has 2 aliphatic rings. The number of hydrogen-bond acceptors (Lipinski definition) is 4. The SMILES string of the molecule is CC(=O)c1ccc2c3c(ccc2c1)OC1N(NC(=O)C1(C)C)c1ccccc1-3. The summed E-state index contributed by atoms with van der Waals surface area (Å²) in [5.74, 6) is 0.703. The fourth-order valence-corrected chi connectivity index (χ4v) is 4.05. The molecule has 1 fully saturated rings. The van der Waals surface area contributed by atoms with E-state index in [1.54, 1.807) is 6.92 Å². The maximum absolute atomic E-state index is 12.5. The van der Waals surface area contributed by atoms with Crippen LogP contribution in [0, 0.1) is 5.41 Å². The molecule has 0 bridgehead atoms. The Hall–Kier alpha value is -3.34. The second-order valence-corrected chi connectivity index (χ2v) is 7.95. The van der Waals surface area contributed by atoms with Crippen molar-refractivity contribution in [2.45, 2.75) is 27.0 Å². The van der Waals surface area contributed by atoms with Gasteiger partial charge in [0.1, 0.15) is 11.2 Å². The molecular formula is C23H20N2O3. The number of carbonyl (C=O) groups excluding carboxylic acids is 2. The van der Waals surface area contributed by atoms with Gasteiger partial charge in [0, 0.05) is 16.7 Å². The summed E-state index contributed by atoms with van der Waals surface area (Å²) in [5.41, 5.74) is 5.81. The highest BCUT2D eigenvalue weighted by molar-refractivity contribution is 6.06. The van der Waals surface area contributed by atoms with E-state index < -0.39 is 11.6 Å². The van der Waals surface area contributed by atoms with Crippen LogP contribution in [-0.2, 0) is 4.79 Å². The molecule has 5 rings (SSSR count). The van der Waals surface area contributed by atoms with E-state index in [1.165, 1.54) is 0 Å². The van der Waals surface area contributed by atoms with Gasteiger partial charge >= 0.3 is 0 Å². The van der Waals surface area contributed by atoms with Crippen LogP contribution in [0.3, 0.4) is 0 Å². The van der Waals surface area contributed by atoms with Crippen LogP contribution < -0.4 is 15.2 Å². The standard InChI is InChI=1S/C23H20N2O3/c1-13(26)14-8-10-16-15(12-14)9-11-19-20(16)17-6-4-5-7-18(17)25-22(28-19)23(2,3)21(27)24-25/h4-12,22H,1-3H3,(H,24,27). The minimum absolute atomic E-state index is 0.0404. The Kier molecular flexibility index (Phi) is 3.35. The third kappa shape index (κ3) is 2.19. The topological polar surface area (TPSA) is 58.6 Å². The molecule has 1 saturated heterocycles. The number of hydrogen-bond donors (Lipinski definition) is 1. The number of nitrogens with zero attached hydrogens (tertiary/aromatic N) is 1. The van der Waals surface area contributed by atoms with Gasteiger partial charge in [0.2, 0.25) is 12.1 Å². The Balaban J connectivity index is 1.82. The van der Waals surface area contributed by atoms with E-state index in [1.807, 2.05) is 73.5 Å². The Morgan fingerprint density at radius 2 is 1.89 bits per heavy atom. The zero-order chi connectivity index (χ0) is 19.6. The van der Waals surface area contributed by atoms with Gasteiger partial charge in [0.15, 0.2) is 5.78 Å². The van der Waals surface area contributed by atoms with E-state index in [4.69, 9.17) is 4.74 Å². The number of fused-ring (bicyclic) bond motifs is 7. The number of ether oxygens (including phenoxy) is 1. The molecule has 0 saturated carbocycles. The molecule has 0 aromatic heterocycles. The van der Waals surface area contributed by atoms with Crippen LogP contribution in [0.15, 0.2) is 54.6 Å². The second kappa shape index (κ2) is 5.58. The molecule has 3 aromatic rings. The number of anilines is 1. The van der Waals surface area contributed by atoms with Gasteiger partial charge in [0.05, 0.1) is 5.69 Å². The number of ketones is 1. The zero-order valence-corrected chi connectivity index (χ0v) is 15.9. The molecule has 28 heavy (non-hydrogen) atoms. The summed E-state index contributed by atoms with van der Waals surface area (Å²) in [6, 6.07) is 17.6. The lowest BCUT2D eigenvalue weighted by Crippen LogP contribution is -2.43. The molecule has 1 N–H and O–H groups in total. The zero-order valence-electron chi connectivity index (χ0n) is 15.9. The van der Waals surface area contributed by atoms with Gasteiger partial charge < -0.3 is 4.74 Å². The summed E-state index contributed by atoms with van der Waals surface area (Å²) < 4.78 is 6.41. The minimum atomic E-state index is -0.706. The molecule has 5 nitrogen and oxygen atoms in total. The number of carbonyl (C=O) groups is 2. The number of amides is 1. The Morgan fingerprint density at radius 1 is 1.11 bits per heavy atom. The first-order chi connectivity index (χ1) is 13.4. The van der Waals surface area contributed by atoms with E-state index in [0.717, 1.165) is 33.3 Å². The van der Waals surface area contributed by atoms with Crippen LogP contribution in [0.5, 0.6) is 5.75 Å². The van der Waals surface area contributed by atoms with Gasteiger partial charge in [-0.1, -0.05) is 36.4 Å². The third-order valence-corrected chi connectivity index (χ3v) is 5.72. The van der Waals surface area contributed by atoms with E-state index in [-0.39, 0.29) is 11.7 Å². The first kappa shape index (κ1) is 16.8. The van der Waals surface area contributed by atoms with E-state index >= 15 is 0 Å². The molecule has 140 valence electrons. The summed E-state index contributed by atoms with van der Waals surface area (Å²) in [6.07, 6.45) is -0.462. The highest BCUT2D eigenvalue weighted by atomic mass is 16.5. The van der Waals surface area contributed by atoms with Crippen LogP contribution in [0.2, 0.25) is 0 Å². The average molecular weight is 372 g/mol. The predicted octanol–water partition coefficient (Wildman–Crippen LogP) is 4.31. The van der Waals surface area contributed by atoms with Crippen molar-refractivity contribution in [3.63, 3.8) is 0 Å². The van der Waals surface area contributed by atoms with Gasteiger partial charge in [-0.25, -0.2) is 5.01 Å². The van der Waals surface area contributed by atoms with Gasteiger partial charge in [-0.15, -0.1) is 0 Å². The second-order valence-electron chi connectivity index (χ2n) is 7.95. The molecule has 1 amide bonds. The first-order valence-corrected chi connectivity index (χ1v) is 9.32. The largest absolute Gasteiger partial charge is 0.467 e. The molecule has 0 radical (unpaired) electrons. The summed E-state index contributed by atoms with van der Waals surface area (Å²) in [6.45, 7) is 5.35. The van der Waals surface area contributed by atoms with Gasteiger partial charge in [-0.3, -0.25) is 15.0 Å². The normalized spacial score (nSPS) is 19.2. The van der Waals surface area contributed by atoms with Crippen molar-refractivity contribution in [2.75, 3.05) is 5.01 Å². The van der Waals surface area contributed by atoms with Crippen LogP contribution in [0.25, 0.3) is 21.9 Å². The third-order valence-electron chi connectivity index (χ3n) is 5.72. The van der Waals surface area contributed by atoms with Crippen molar-refractivity contribution in [3.05, 3.63) is 60.2 Å². The number of hydrazine groups is 1. The van der Waals surface area contributed by atoms with Crippen LogP contribution in [0.4, 0.5) is 5.69 Å². The predicted molar refractivity (Wildman–Crippen MR) is 108 cm³/mol. The Bertz CT molecular complexity index is 1170. The number of para-hydroxylation sites is 1. The van der Waals surface area contributed by atoms with Crippen molar-refractivity contribution in [1.82, 2.24) is 5.43 Å². The quantitative estimate of drug-likeness (QED) is 0.647. The van der Waals surface area contributed by atoms with Crippen molar-refractivity contribution in [2.24, 2.45) is 5.41 Å². The summed E-state index contributed by atoms with van der Waals surface area (Å²) >= 11 is 0. The smallest absolute Gasteiger partial charge is 0.250 e. The van der Waals surface area contributed by atoms with Crippen LogP contribution in [0.1, 0.15) is 31.1 Å². The molecule has 5 heteroatoms.